The van der Waals surface area contributed by atoms with Gasteiger partial charge in [-0.3, -0.25) is 9.52 Å². The van der Waals surface area contributed by atoms with E-state index in [1.807, 2.05) is 30.3 Å². The molecule has 3 rings (SSSR count). The van der Waals surface area contributed by atoms with Gasteiger partial charge < -0.3 is 9.84 Å². The highest BCUT2D eigenvalue weighted by molar-refractivity contribution is 7.92. The quantitative estimate of drug-likeness (QED) is 0.717. The number of carbonyl (C=O) groups is 1. The van der Waals surface area contributed by atoms with E-state index in [1.54, 1.807) is 31.2 Å². The fourth-order valence-corrected chi connectivity index (χ4v) is 3.03. The Labute approximate surface area is 151 Å². The number of anilines is 2. The Balaban J connectivity index is 1.82. The molecule has 0 unspecified atom stereocenters. The molecule has 2 N–H and O–H groups in total. The zero-order valence-electron chi connectivity index (χ0n) is 14.2. The predicted octanol–water partition coefficient (Wildman–Crippen LogP) is 3.27. The lowest BCUT2D eigenvalue weighted by Gasteiger charge is -2.08. The molecule has 0 fully saturated rings. The van der Waals surface area contributed by atoms with Gasteiger partial charge in [-0.05, 0) is 31.2 Å². The Morgan fingerprint density at radius 2 is 1.62 bits per heavy atom. The van der Waals surface area contributed by atoms with Crippen LogP contribution in [-0.4, -0.2) is 25.7 Å². The number of hydrogen-bond acceptors (Lipinski definition) is 5. The van der Waals surface area contributed by atoms with Crippen LogP contribution in [-0.2, 0) is 10.0 Å². The van der Waals surface area contributed by atoms with Crippen molar-refractivity contribution in [2.45, 2.75) is 6.92 Å². The summed E-state index contributed by atoms with van der Waals surface area (Å²) in [5, 5.41) is 6.76. The Morgan fingerprint density at radius 3 is 2.23 bits per heavy atom. The second-order valence-electron chi connectivity index (χ2n) is 5.73. The number of amides is 1. The van der Waals surface area contributed by atoms with E-state index >= 15 is 0 Å². The summed E-state index contributed by atoms with van der Waals surface area (Å²) in [4.78, 5) is 12.7. The smallest absolute Gasteiger partial charge is 0.261 e. The Morgan fingerprint density at radius 1 is 1.00 bits per heavy atom. The molecular formula is C18H17N3O4S. The molecule has 0 saturated heterocycles. The molecule has 134 valence electrons. The lowest BCUT2D eigenvalue weighted by molar-refractivity contribution is 0.102. The molecule has 26 heavy (non-hydrogen) atoms. The zero-order chi connectivity index (χ0) is 18.7. The van der Waals surface area contributed by atoms with Gasteiger partial charge in [0.15, 0.2) is 0 Å². The van der Waals surface area contributed by atoms with E-state index in [9.17, 15) is 13.2 Å². The summed E-state index contributed by atoms with van der Waals surface area (Å²) in [5.74, 6) is 0.0585. The van der Waals surface area contributed by atoms with Crippen LogP contribution in [0.15, 0.2) is 59.1 Å². The van der Waals surface area contributed by atoms with Crippen molar-refractivity contribution in [3.63, 3.8) is 0 Å². The van der Waals surface area contributed by atoms with E-state index in [2.05, 4.69) is 15.2 Å². The van der Waals surface area contributed by atoms with Gasteiger partial charge in [-0.1, -0.05) is 35.5 Å². The third-order valence-corrected chi connectivity index (χ3v) is 4.19. The summed E-state index contributed by atoms with van der Waals surface area (Å²) in [6.07, 6.45) is 1.07. The maximum atomic E-state index is 12.7. The highest BCUT2D eigenvalue weighted by atomic mass is 32.2. The minimum atomic E-state index is -3.35. The second kappa shape index (κ2) is 7.01. The number of sulfonamides is 1. The van der Waals surface area contributed by atoms with Crippen molar-refractivity contribution in [2.75, 3.05) is 16.3 Å². The normalized spacial score (nSPS) is 11.2. The van der Waals surface area contributed by atoms with Crippen molar-refractivity contribution in [1.29, 1.82) is 0 Å². The van der Waals surface area contributed by atoms with Gasteiger partial charge in [0.1, 0.15) is 17.0 Å². The van der Waals surface area contributed by atoms with Crippen LogP contribution in [0, 0.1) is 6.92 Å². The van der Waals surface area contributed by atoms with Gasteiger partial charge in [-0.15, -0.1) is 0 Å². The van der Waals surface area contributed by atoms with Crippen LogP contribution in [0.3, 0.4) is 0 Å². The van der Waals surface area contributed by atoms with Crippen molar-refractivity contribution in [1.82, 2.24) is 5.16 Å². The number of aromatic nitrogens is 1. The Hall–Kier alpha value is -3.13. The fourth-order valence-electron chi connectivity index (χ4n) is 2.46. The molecular weight excluding hydrogens is 354 g/mol. The van der Waals surface area contributed by atoms with Crippen LogP contribution in [0.25, 0.3) is 11.3 Å². The number of rotatable bonds is 5. The summed E-state index contributed by atoms with van der Waals surface area (Å²) in [6, 6.07) is 15.6. The minimum Gasteiger partial charge on any atom is -0.360 e. The SMILES string of the molecule is Cc1onc(-c2ccccc2)c1C(=O)Nc1ccc(NS(C)(=O)=O)cc1. The maximum absolute atomic E-state index is 12.7. The Kier molecular flexibility index (Phi) is 4.77. The number of hydrogen-bond donors (Lipinski definition) is 2. The average molecular weight is 371 g/mol. The van der Waals surface area contributed by atoms with Crippen molar-refractivity contribution >= 4 is 27.3 Å². The molecule has 1 aromatic heterocycles. The van der Waals surface area contributed by atoms with Crippen LogP contribution in [0.1, 0.15) is 16.1 Å². The summed E-state index contributed by atoms with van der Waals surface area (Å²) in [5.41, 5.74) is 2.54. The average Bonchev–Trinajstić information content (AvgIpc) is 2.98. The number of benzene rings is 2. The number of nitrogens with zero attached hydrogens (tertiary/aromatic N) is 1. The zero-order valence-corrected chi connectivity index (χ0v) is 15.0. The molecule has 3 aromatic rings. The molecule has 0 radical (unpaired) electrons. The summed E-state index contributed by atoms with van der Waals surface area (Å²) < 4.78 is 30.0. The van der Waals surface area contributed by atoms with Crippen molar-refractivity contribution in [3.05, 3.63) is 65.9 Å². The van der Waals surface area contributed by atoms with Gasteiger partial charge in [0.2, 0.25) is 10.0 Å². The second-order valence-corrected chi connectivity index (χ2v) is 7.48. The molecule has 0 aliphatic heterocycles. The Bertz CT molecular complexity index is 1030. The minimum absolute atomic E-state index is 0.355. The first-order chi connectivity index (χ1) is 12.3. The molecule has 0 aliphatic rings. The van der Waals surface area contributed by atoms with Gasteiger partial charge >= 0.3 is 0 Å². The third-order valence-electron chi connectivity index (χ3n) is 3.58. The molecule has 0 saturated carbocycles. The topological polar surface area (TPSA) is 101 Å². The van der Waals surface area contributed by atoms with Gasteiger partial charge in [0, 0.05) is 16.9 Å². The van der Waals surface area contributed by atoms with Gasteiger partial charge in [0.25, 0.3) is 5.91 Å². The standard InChI is InChI=1S/C18H17N3O4S/c1-12-16(17(20-25-12)13-6-4-3-5-7-13)18(22)19-14-8-10-15(11-9-14)21-26(2,23)24/h3-11,21H,1-2H3,(H,19,22). The van der Waals surface area contributed by atoms with Crippen molar-refractivity contribution < 1.29 is 17.7 Å². The molecule has 1 heterocycles. The maximum Gasteiger partial charge on any atom is 0.261 e. The lowest BCUT2D eigenvalue weighted by Crippen LogP contribution is -2.14. The summed E-state index contributed by atoms with van der Waals surface area (Å²) in [6.45, 7) is 1.67. The molecule has 7 nitrogen and oxygen atoms in total. The van der Waals surface area contributed by atoms with Crippen LogP contribution in [0.5, 0.6) is 0 Å². The van der Waals surface area contributed by atoms with Crippen LogP contribution in [0.4, 0.5) is 11.4 Å². The number of carbonyl (C=O) groups excluding carboxylic acids is 1. The monoisotopic (exact) mass is 371 g/mol. The fraction of sp³-hybridized carbons (Fsp3) is 0.111. The summed E-state index contributed by atoms with van der Waals surface area (Å²) in [7, 11) is -3.35. The van der Waals surface area contributed by atoms with E-state index in [0.717, 1.165) is 11.8 Å². The first kappa shape index (κ1) is 17.7. The van der Waals surface area contributed by atoms with Crippen LogP contribution < -0.4 is 10.0 Å². The lowest BCUT2D eigenvalue weighted by atomic mass is 10.1. The first-order valence-electron chi connectivity index (χ1n) is 7.74. The van der Waals surface area contributed by atoms with E-state index in [-0.39, 0.29) is 5.91 Å². The van der Waals surface area contributed by atoms with E-state index in [0.29, 0.717) is 28.4 Å². The summed E-state index contributed by atoms with van der Waals surface area (Å²) >= 11 is 0. The predicted molar refractivity (Wildman–Crippen MR) is 99.5 cm³/mol. The number of aryl methyl sites for hydroxylation is 1. The van der Waals surface area contributed by atoms with Gasteiger partial charge in [-0.25, -0.2) is 8.42 Å². The number of nitrogens with one attached hydrogen (secondary N) is 2. The van der Waals surface area contributed by atoms with E-state index in [4.69, 9.17) is 4.52 Å². The van der Waals surface area contributed by atoms with Gasteiger partial charge in [0.05, 0.1) is 6.26 Å². The van der Waals surface area contributed by atoms with Crippen LogP contribution in [0.2, 0.25) is 0 Å². The highest BCUT2D eigenvalue weighted by Gasteiger charge is 2.21. The largest absolute Gasteiger partial charge is 0.360 e. The van der Waals surface area contributed by atoms with E-state index in [1.165, 1.54) is 0 Å². The molecule has 8 heteroatoms. The molecule has 1 amide bonds. The van der Waals surface area contributed by atoms with Crippen LogP contribution >= 0.6 is 0 Å². The molecule has 0 bridgehead atoms. The van der Waals surface area contributed by atoms with Crippen molar-refractivity contribution in [2.24, 2.45) is 0 Å². The molecule has 0 atom stereocenters. The molecule has 2 aromatic carbocycles. The third kappa shape index (κ3) is 4.09. The molecule has 0 aliphatic carbocycles. The van der Waals surface area contributed by atoms with Gasteiger partial charge in [-0.2, -0.15) is 0 Å². The van der Waals surface area contributed by atoms with E-state index < -0.39 is 10.0 Å². The first-order valence-corrected chi connectivity index (χ1v) is 9.63. The highest BCUT2D eigenvalue weighted by Crippen LogP contribution is 2.26. The van der Waals surface area contributed by atoms with Crippen molar-refractivity contribution in [3.8, 4) is 11.3 Å². The molecule has 0 spiro atoms.